The van der Waals surface area contributed by atoms with Crippen molar-refractivity contribution in [2.24, 2.45) is 0 Å². The Kier molecular flexibility index (Phi) is 4.85. The quantitative estimate of drug-likeness (QED) is 0.493. The summed E-state index contributed by atoms with van der Waals surface area (Å²) in [6, 6.07) is 0. The van der Waals surface area contributed by atoms with Crippen molar-refractivity contribution in [1.82, 2.24) is 0 Å². The normalized spacial score (nSPS) is 11.6. The van der Waals surface area contributed by atoms with Gasteiger partial charge in [-0.1, -0.05) is 13.3 Å². The van der Waals surface area contributed by atoms with Gasteiger partial charge in [-0.2, -0.15) is 0 Å². The Morgan fingerprint density at radius 1 is 1.50 bits per heavy atom. The van der Waals surface area contributed by atoms with E-state index in [2.05, 4.69) is 4.89 Å². The van der Waals surface area contributed by atoms with Crippen LogP contribution in [0.3, 0.4) is 0 Å². The predicted molar refractivity (Wildman–Crippen MR) is 43.7 cm³/mol. The Morgan fingerprint density at radius 3 is 2.50 bits per heavy atom. The first-order valence-electron chi connectivity index (χ1n) is 4.00. The van der Waals surface area contributed by atoms with Crippen molar-refractivity contribution in [2.75, 3.05) is 6.61 Å². The Bertz CT molecular complexity index is 142. The number of carbonyl (C=O) groups is 1. The van der Waals surface area contributed by atoms with Crippen molar-refractivity contribution in [3.63, 3.8) is 0 Å². The Hall–Kier alpha value is -0.610. The van der Waals surface area contributed by atoms with E-state index in [4.69, 9.17) is 9.99 Å². The molecule has 0 rings (SSSR count). The summed E-state index contributed by atoms with van der Waals surface area (Å²) in [6.45, 7) is 5.34. The molecule has 0 aliphatic carbocycles. The highest BCUT2D eigenvalue weighted by Gasteiger charge is 2.18. The Labute approximate surface area is 72.4 Å². The van der Waals surface area contributed by atoms with E-state index in [1.54, 1.807) is 0 Å². The van der Waals surface area contributed by atoms with Crippen LogP contribution in [0.1, 0.15) is 33.6 Å². The second-order valence-corrected chi connectivity index (χ2v) is 3.25. The lowest BCUT2D eigenvalue weighted by atomic mass is 10.0. The second-order valence-electron chi connectivity index (χ2n) is 3.25. The molecule has 1 N–H and O–H groups in total. The van der Waals surface area contributed by atoms with Gasteiger partial charge in [0.1, 0.15) is 0 Å². The molecule has 4 heteroatoms. The maximum absolute atomic E-state index is 10.0. The third kappa shape index (κ3) is 6.12. The molecule has 0 aromatic carbocycles. The summed E-state index contributed by atoms with van der Waals surface area (Å²) in [6.07, 6.45) is 1.82. The molecule has 0 saturated carbocycles. The molecule has 72 valence electrons. The Balaban J connectivity index is 3.53. The summed E-state index contributed by atoms with van der Waals surface area (Å²) in [5, 5.41) is 8.24. The van der Waals surface area contributed by atoms with Gasteiger partial charge in [0.25, 0.3) is 0 Å². The first-order chi connectivity index (χ1) is 5.48. The molecule has 12 heavy (non-hydrogen) atoms. The summed E-state index contributed by atoms with van der Waals surface area (Å²) in [4.78, 5) is 19.5. The van der Waals surface area contributed by atoms with Gasteiger partial charge in [-0.25, -0.2) is 14.6 Å². The smallest absolute Gasteiger partial charge is 0.333 e. The van der Waals surface area contributed by atoms with Gasteiger partial charge in [-0.05, 0) is 20.3 Å². The minimum Gasteiger partial charge on any atom is -0.479 e. The standard InChI is InChI=1S/C8H16O4/c1-4-5-8(2,3)12-11-6-7(9)10/h4-6H2,1-3H3,(H,9,10). The van der Waals surface area contributed by atoms with E-state index in [0.29, 0.717) is 0 Å². The molecule has 0 aromatic rings. The molecule has 0 unspecified atom stereocenters. The van der Waals surface area contributed by atoms with Crippen molar-refractivity contribution >= 4 is 5.97 Å². The van der Waals surface area contributed by atoms with Gasteiger partial charge in [0.15, 0.2) is 6.61 Å². The molecule has 0 radical (unpaired) electrons. The van der Waals surface area contributed by atoms with Gasteiger partial charge in [0, 0.05) is 0 Å². The first-order valence-corrected chi connectivity index (χ1v) is 4.00. The number of rotatable bonds is 6. The molecule has 0 fully saturated rings. The minimum absolute atomic E-state index is 0.399. The van der Waals surface area contributed by atoms with Gasteiger partial charge in [0.2, 0.25) is 0 Å². The largest absolute Gasteiger partial charge is 0.479 e. The molecule has 0 saturated heterocycles. The molecule has 0 aliphatic rings. The van der Waals surface area contributed by atoms with E-state index in [-0.39, 0.29) is 0 Å². The fourth-order valence-electron chi connectivity index (χ4n) is 0.883. The van der Waals surface area contributed by atoms with Crippen molar-refractivity contribution in [3.05, 3.63) is 0 Å². The number of carboxylic acid groups (broad SMARTS) is 1. The van der Waals surface area contributed by atoms with E-state index in [9.17, 15) is 4.79 Å². The lowest BCUT2D eigenvalue weighted by molar-refractivity contribution is -0.350. The van der Waals surface area contributed by atoms with Gasteiger partial charge in [0.05, 0.1) is 5.60 Å². The highest BCUT2D eigenvalue weighted by Crippen LogP contribution is 2.16. The van der Waals surface area contributed by atoms with Crippen molar-refractivity contribution in [1.29, 1.82) is 0 Å². The maximum Gasteiger partial charge on any atom is 0.333 e. The van der Waals surface area contributed by atoms with E-state index < -0.39 is 18.2 Å². The van der Waals surface area contributed by atoms with Crippen LogP contribution in [-0.4, -0.2) is 23.3 Å². The van der Waals surface area contributed by atoms with Gasteiger partial charge in [-0.15, -0.1) is 0 Å². The molecular formula is C8H16O4. The van der Waals surface area contributed by atoms with Crippen LogP contribution in [0.2, 0.25) is 0 Å². The Morgan fingerprint density at radius 2 is 2.08 bits per heavy atom. The first kappa shape index (κ1) is 11.4. The van der Waals surface area contributed by atoms with Crippen LogP contribution in [0.15, 0.2) is 0 Å². The van der Waals surface area contributed by atoms with Crippen LogP contribution < -0.4 is 0 Å². The highest BCUT2D eigenvalue weighted by atomic mass is 17.2. The number of aliphatic carboxylic acids is 1. The van der Waals surface area contributed by atoms with Gasteiger partial charge in [-0.3, -0.25) is 0 Å². The van der Waals surface area contributed by atoms with E-state index in [0.717, 1.165) is 12.8 Å². The maximum atomic E-state index is 10.0. The molecule has 0 spiro atoms. The number of hydrogen-bond donors (Lipinski definition) is 1. The SMILES string of the molecule is CCCC(C)(C)OOCC(=O)O. The average Bonchev–Trinajstić information content (AvgIpc) is 1.85. The molecular weight excluding hydrogens is 160 g/mol. The average molecular weight is 176 g/mol. The van der Waals surface area contributed by atoms with Crippen LogP contribution in [-0.2, 0) is 14.6 Å². The van der Waals surface area contributed by atoms with Crippen LogP contribution >= 0.6 is 0 Å². The monoisotopic (exact) mass is 176 g/mol. The summed E-state index contributed by atoms with van der Waals surface area (Å²) >= 11 is 0. The summed E-state index contributed by atoms with van der Waals surface area (Å²) < 4.78 is 0. The summed E-state index contributed by atoms with van der Waals surface area (Å²) in [7, 11) is 0. The lowest BCUT2D eigenvalue weighted by Crippen LogP contribution is -2.25. The second kappa shape index (κ2) is 5.11. The van der Waals surface area contributed by atoms with E-state index in [1.165, 1.54) is 0 Å². The zero-order chi connectivity index (χ0) is 9.61. The van der Waals surface area contributed by atoms with Crippen LogP contribution in [0.5, 0.6) is 0 Å². The minimum atomic E-state index is -1.03. The number of hydrogen-bond acceptors (Lipinski definition) is 3. The number of carboxylic acids is 1. The predicted octanol–water partition coefficient (Wildman–Crippen LogP) is 1.60. The van der Waals surface area contributed by atoms with Crippen LogP contribution in [0.25, 0.3) is 0 Å². The van der Waals surface area contributed by atoms with Crippen molar-refractivity contribution in [2.45, 2.75) is 39.2 Å². The summed E-state index contributed by atoms with van der Waals surface area (Å²) in [5.41, 5.74) is -0.399. The van der Waals surface area contributed by atoms with Crippen molar-refractivity contribution in [3.8, 4) is 0 Å². The van der Waals surface area contributed by atoms with E-state index >= 15 is 0 Å². The molecule has 0 aromatic heterocycles. The van der Waals surface area contributed by atoms with Gasteiger partial charge >= 0.3 is 5.97 Å². The molecule has 0 aliphatic heterocycles. The third-order valence-corrected chi connectivity index (χ3v) is 1.32. The lowest BCUT2D eigenvalue weighted by Gasteiger charge is -2.21. The molecule has 0 atom stereocenters. The fraction of sp³-hybridized carbons (Fsp3) is 0.875. The third-order valence-electron chi connectivity index (χ3n) is 1.32. The van der Waals surface area contributed by atoms with E-state index in [1.807, 2.05) is 20.8 Å². The molecule has 0 heterocycles. The molecule has 0 bridgehead atoms. The van der Waals surface area contributed by atoms with Crippen molar-refractivity contribution < 1.29 is 19.7 Å². The zero-order valence-corrected chi connectivity index (χ0v) is 7.79. The topological polar surface area (TPSA) is 55.8 Å². The molecule has 4 nitrogen and oxygen atoms in total. The fourth-order valence-corrected chi connectivity index (χ4v) is 0.883. The summed E-state index contributed by atoms with van der Waals surface area (Å²) in [5.74, 6) is -1.03. The van der Waals surface area contributed by atoms with Crippen LogP contribution in [0, 0.1) is 0 Å². The highest BCUT2D eigenvalue weighted by molar-refractivity contribution is 5.67. The zero-order valence-electron chi connectivity index (χ0n) is 7.79. The van der Waals surface area contributed by atoms with Gasteiger partial charge < -0.3 is 5.11 Å². The molecule has 0 amide bonds. The van der Waals surface area contributed by atoms with Crippen LogP contribution in [0.4, 0.5) is 0 Å².